The number of hydrogen-bond acceptors (Lipinski definition) is 2. The first kappa shape index (κ1) is 11.7. The Kier molecular flexibility index (Phi) is 2.84. The van der Waals surface area contributed by atoms with E-state index in [-0.39, 0.29) is 5.25 Å². The summed E-state index contributed by atoms with van der Waals surface area (Å²) in [5.74, 6) is -0.816. The summed E-state index contributed by atoms with van der Waals surface area (Å²) >= 11 is 6.02. The van der Waals surface area contributed by atoms with Crippen molar-refractivity contribution in [2.45, 2.75) is 11.3 Å². The Hall–Kier alpha value is -1.39. The minimum absolute atomic E-state index is 0.0406. The van der Waals surface area contributed by atoms with Gasteiger partial charge in [0, 0.05) is 10.7 Å². The standard InChI is InChI=1S/C13H12ClNO2S/c14-8-3-4-10-9(7-8)12(11(15-10)13(16)17)18-5-1-2-6-18/h1-7,11-12,15,18H,(H,16,17). The number of benzene rings is 1. The van der Waals surface area contributed by atoms with Gasteiger partial charge in [-0.05, 0) is 34.6 Å². The Morgan fingerprint density at radius 2 is 2.06 bits per heavy atom. The molecule has 2 N–H and O–H groups in total. The molecule has 0 amide bonds. The van der Waals surface area contributed by atoms with Crippen molar-refractivity contribution in [1.82, 2.24) is 0 Å². The average molecular weight is 282 g/mol. The molecule has 94 valence electrons. The van der Waals surface area contributed by atoms with Gasteiger partial charge in [-0.1, -0.05) is 23.8 Å². The van der Waals surface area contributed by atoms with Crippen LogP contribution in [0, 0.1) is 0 Å². The SMILES string of the molecule is O=C(O)C1Nc2ccc(Cl)cc2C1[SH]1C=CC=C1. The number of halogens is 1. The molecule has 2 heterocycles. The summed E-state index contributed by atoms with van der Waals surface area (Å²) < 4.78 is 0. The van der Waals surface area contributed by atoms with E-state index in [2.05, 4.69) is 16.1 Å². The number of fused-ring (bicyclic) bond motifs is 1. The van der Waals surface area contributed by atoms with Crippen LogP contribution in [-0.4, -0.2) is 17.1 Å². The zero-order chi connectivity index (χ0) is 12.7. The maximum atomic E-state index is 11.4. The fourth-order valence-corrected chi connectivity index (χ4v) is 4.73. The van der Waals surface area contributed by atoms with Gasteiger partial charge >= 0.3 is 5.97 Å². The van der Waals surface area contributed by atoms with Crippen molar-refractivity contribution in [3.05, 3.63) is 51.8 Å². The van der Waals surface area contributed by atoms with Gasteiger partial charge in [0.05, 0.1) is 5.25 Å². The van der Waals surface area contributed by atoms with Crippen LogP contribution >= 0.6 is 22.5 Å². The lowest BCUT2D eigenvalue weighted by molar-refractivity contribution is -0.137. The van der Waals surface area contributed by atoms with E-state index in [0.717, 1.165) is 11.3 Å². The van der Waals surface area contributed by atoms with E-state index in [1.165, 1.54) is 0 Å². The number of carbonyl (C=O) groups is 1. The van der Waals surface area contributed by atoms with Crippen LogP contribution in [0.3, 0.4) is 0 Å². The van der Waals surface area contributed by atoms with Crippen molar-refractivity contribution < 1.29 is 9.90 Å². The summed E-state index contributed by atoms with van der Waals surface area (Å²) in [4.78, 5) is 11.4. The summed E-state index contributed by atoms with van der Waals surface area (Å²) in [5.41, 5.74) is 1.89. The third-order valence-corrected chi connectivity index (χ3v) is 5.66. The Morgan fingerprint density at radius 1 is 1.33 bits per heavy atom. The van der Waals surface area contributed by atoms with Gasteiger partial charge in [0.15, 0.2) is 0 Å². The summed E-state index contributed by atoms with van der Waals surface area (Å²) in [6, 6.07) is 4.94. The molecule has 2 unspecified atom stereocenters. The molecule has 5 heteroatoms. The molecule has 0 fully saturated rings. The van der Waals surface area contributed by atoms with Crippen molar-refractivity contribution in [2.24, 2.45) is 0 Å². The maximum absolute atomic E-state index is 11.4. The zero-order valence-corrected chi connectivity index (χ0v) is 11.0. The van der Waals surface area contributed by atoms with Gasteiger partial charge in [-0.25, -0.2) is 15.7 Å². The summed E-state index contributed by atoms with van der Waals surface area (Å²) in [5, 5.41) is 17.2. The van der Waals surface area contributed by atoms with Crippen LogP contribution < -0.4 is 5.32 Å². The van der Waals surface area contributed by atoms with E-state index >= 15 is 0 Å². The minimum atomic E-state index is -0.816. The second-order valence-electron chi connectivity index (χ2n) is 4.27. The number of thiol groups is 1. The number of carboxylic acids is 1. The molecule has 0 saturated carbocycles. The third-order valence-electron chi connectivity index (χ3n) is 3.17. The molecule has 0 aromatic heterocycles. The fourth-order valence-electron chi connectivity index (χ4n) is 2.40. The highest BCUT2D eigenvalue weighted by molar-refractivity contribution is 8.22. The smallest absolute Gasteiger partial charge is 0.327 e. The van der Waals surface area contributed by atoms with E-state index in [9.17, 15) is 9.90 Å². The predicted octanol–water partition coefficient (Wildman–Crippen LogP) is 3.30. The Morgan fingerprint density at radius 3 is 2.72 bits per heavy atom. The Bertz CT molecular complexity index is 558. The molecule has 3 nitrogen and oxygen atoms in total. The summed E-state index contributed by atoms with van der Waals surface area (Å²) in [7, 11) is -0.580. The topological polar surface area (TPSA) is 49.3 Å². The Balaban J connectivity index is 2.07. The van der Waals surface area contributed by atoms with Crippen LogP contribution in [0.5, 0.6) is 0 Å². The molecule has 1 aromatic carbocycles. The Labute approximate surface area is 112 Å². The quantitative estimate of drug-likeness (QED) is 0.729. The van der Waals surface area contributed by atoms with Crippen molar-refractivity contribution in [3.63, 3.8) is 0 Å². The molecule has 0 saturated heterocycles. The van der Waals surface area contributed by atoms with E-state index in [1.54, 1.807) is 6.07 Å². The van der Waals surface area contributed by atoms with Crippen molar-refractivity contribution in [2.75, 3.05) is 5.32 Å². The second-order valence-corrected chi connectivity index (χ2v) is 6.75. The first-order valence-corrected chi connectivity index (χ1v) is 7.51. The number of hydrogen-bond donors (Lipinski definition) is 3. The van der Waals surface area contributed by atoms with E-state index < -0.39 is 22.9 Å². The van der Waals surface area contributed by atoms with Gasteiger partial charge in [-0.2, -0.15) is 0 Å². The minimum Gasteiger partial charge on any atom is -0.480 e. The number of carboxylic acid groups (broad SMARTS) is 1. The van der Waals surface area contributed by atoms with Gasteiger partial charge < -0.3 is 10.4 Å². The number of aliphatic carboxylic acids is 1. The molecule has 0 spiro atoms. The molecule has 0 aliphatic carbocycles. The molecule has 0 radical (unpaired) electrons. The molecule has 18 heavy (non-hydrogen) atoms. The van der Waals surface area contributed by atoms with Crippen molar-refractivity contribution in [3.8, 4) is 0 Å². The van der Waals surface area contributed by atoms with E-state index in [1.807, 2.05) is 24.3 Å². The highest BCUT2D eigenvalue weighted by Crippen LogP contribution is 2.55. The van der Waals surface area contributed by atoms with Crippen LogP contribution in [0.15, 0.2) is 41.2 Å². The lowest BCUT2D eigenvalue weighted by Gasteiger charge is -2.23. The molecule has 0 bridgehead atoms. The van der Waals surface area contributed by atoms with Crippen LogP contribution in [0.4, 0.5) is 5.69 Å². The first-order chi connectivity index (χ1) is 8.66. The van der Waals surface area contributed by atoms with Gasteiger partial charge in [0.2, 0.25) is 0 Å². The largest absolute Gasteiger partial charge is 0.480 e. The maximum Gasteiger partial charge on any atom is 0.327 e. The van der Waals surface area contributed by atoms with Gasteiger partial charge in [0.1, 0.15) is 6.04 Å². The molecular weight excluding hydrogens is 270 g/mol. The van der Waals surface area contributed by atoms with Gasteiger partial charge in [-0.3, -0.25) is 0 Å². The number of anilines is 1. The van der Waals surface area contributed by atoms with Gasteiger partial charge in [-0.15, -0.1) is 0 Å². The molecular formula is C13H12ClNO2S. The van der Waals surface area contributed by atoms with Crippen molar-refractivity contribution >= 4 is 34.2 Å². The van der Waals surface area contributed by atoms with Crippen LogP contribution in [-0.2, 0) is 4.79 Å². The molecule has 3 rings (SSSR count). The van der Waals surface area contributed by atoms with E-state index in [0.29, 0.717) is 5.02 Å². The zero-order valence-electron chi connectivity index (χ0n) is 9.38. The van der Waals surface area contributed by atoms with Gasteiger partial charge in [0.25, 0.3) is 0 Å². The molecule has 2 atom stereocenters. The lowest BCUT2D eigenvalue weighted by atomic mass is 10.1. The lowest BCUT2D eigenvalue weighted by Crippen LogP contribution is -2.29. The normalized spacial score (nSPS) is 26.2. The summed E-state index contributed by atoms with van der Waals surface area (Å²) in [6.07, 6.45) is 3.96. The third kappa shape index (κ3) is 1.82. The summed E-state index contributed by atoms with van der Waals surface area (Å²) in [6.45, 7) is 0. The van der Waals surface area contributed by atoms with Crippen LogP contribution in [0.2, 0.25) is 5.02 Å². The van der Waals surface area contributed by atoms with Crippen LogP contribution in [0.1, 0.15) is 10.8 Å². The second kappa shape index (κ2) is 4.37. The van der Waals surface area contributed by atoms with Crippen molar-refractivity contribution in [1.29, 1.82) is 0 Å². The number of allylic oxidation sites excluding steroid dienone is 2. The first-order valence-electron chi connectivity index (χ1n) is 5.58. The number of nitrogens with one attached hydrogen (secondary N) is 1. The number of rotatable bonds is 2. The monoisotopic (exact) mass is 281 g/mol. The molecule has 1 aromatic rings. The molecule has 2 aliphatic rings. The predicted molar refractivity (Wildman–Crippen MR) is 76.5 cm³/mol. The highest BCUT2D eigenvalue weighted by Gasteiger charge is 2.39. The van der Waals surface area contributed by atoms with E-state index in [4.69, 9.17) is 11.6 Å². The molecule has 2 aliphatic heterocycles. The van der Waals surface area contributed by atoms with Crippen LogP contribution in [0.25, 0.3) is 0 Å². The fraction of sp³-hybridized carbons (Fsp3) is 0.154. The highest BCUT2D eigenvalue weighted by atomic mass is 35.5. The average Bonchev–Trinajstić information content (AvgIpc) is 2.93.